The van der Waals surface area contributed by atoms with Gasteiger partial charge in [0.15, 0.2) is 0 Å². The van der Waals surface area contributed by atoms with E-state index in [1.54, 1.807) is 24.3 Å². The molecule has 0 amide bonds. The fourth-order valence-corrected chi connectivity index (χ4v) is 6.66. The first kappa shape index (κ1) is 28.6. The molecule has 0 aliphatic carbocycles. The Morgan fingerprint density at radius 2 is 0.889 bits per heavy atom. The van der Waals surface area contributed by atoms with Crippen LogP contribution in [0.2, 0.25) is 0 Å². The molecule has 2 aliphatic rings. The highest BCUT2D eigenvalue weighted by atomic mass is 16.5. The molecule has 36 heavy (non-hydrogen) atoms. The van der Waals surface area contributed by atoms with Crippen LogP contribution in [0.4, 0.5) is 0 Å². The molecule has 0 N–H and O–H groups in total. The minimum atomic E-state index is -0.364. The lowest BCUT2D eigenvalue weighted by molar-refractivity contribution is -0.0403. The van der Waals surface area contributed by atoms with Crippen molar-refractivity contribution < 1.29 is 19.1 Å². The van der Waals surface area contributed by atoms with Crippen molar-refractivity contribution in [2.75, 3.05) is 26.3 Å². The van der Waals surface area contributed by atoms with Gasteiger partial charge in [0.1, 0.15) is 13.2 Å². The summed E-state index contributed by atoms with van der Waals surface area (Å²) in [6.07, 6.45) is 7.04. The quantitative estimate of drug-likeness (QED) is 0.403. The molecule has 2 aliphatic heterocycles. The summed E-state index contributed by atoms with van der Waals surface area (Å²) in [5.74, 6) is -0.728. The van der Waals surface area contributed by atoms with Gasteiger partial charge in [-0.1, -0.05) is 0 Å². The van der Waals surface area contributed by atoms with Gasteiger partial charge in [-0.05, 0) is 118 Å². The number of hydrogen-bond donors (Lipinski definition) is 0. The van der Waals surface area contributed by atoms with Crippen LogP contribution in [0.25, 0.3) is 0 Å². The van der Waals surface area contributed by atoms with E-state index in [4.69, 9.17) is 9.47 Å². The van der Waals surface area contributed by atoms with Gasteiger partial charge in [-0.3, -0.25) is 9.80 Å². The predicted octanol–water partition coefficient (Wildman–Crippen LogP) is 6.09. The van der Waals surface area contributed by atoms with E-state index in [1.165, 1.54) is 12.8 Å². The van der Waals surface area contributed by atoms with Gasteiger partial charge in [0.25, 0.3) is 0 Å². The second-order valence-electron chi connectivity index (χ2n) is 13.1. The third-order valence-electron chi connectivity index (χ3n) is 8.53. The van der Waals surface area contributed by atoms with Crippen molar-refractivity contribution in [1.82, 2.24) is 9.80 Å². The molecule has 2 saturated heterocycles. The van der Waals surface area contributed by atoms with Crippen molar-refractivity contribution in [3.8, 4) is 0 Å². The molecule has 0 aromatic heterocycles. The topological polar surface area (TPSA) is 59.1 Å². The molecule has 0 radical (unpaired) electrons. The van der Waals surface area contributed by atoms with Crippen LogP contribution in [0.1, 0.15) is 115 Å². The van der Waals surface area contributed by atoms with Crippen LogP contribution >= 0.6 is 0 Å². The molecule has 3 rings (SSSR count). The van der Waals surface area contributed by atoms with E-state index in [0.717, 1.165) is 25.7 Å². The number of carbonyl (C=O) groups is 2. The minimum Gasteiger partial charge on any atom is -0.461 e. The molecule has 0 saturated carbocycles. The summed E-state index contributed by atoms with van der Waals surface area (Å²) in [6.45, 7) is 20.2. The van der Waals surface area contributed by atoms with E-state index in [2.05, 4.69) is 65.2 Å². The number of ether oxygens (including phenoxy) is 2. The van der Waals surface area contributed by atoms with Crippen molar-refractivity contribution in [2.24, 2.45) is 0 Å². The van der Waals surface area contributed by atoms with Crippen LogP contribution in [-0.2, 0) is 9.47 Å². The van der Waals surface area contributed by atoms with E-state index in [0.29, 0.717) is 37.4 Å². The highest BCUT2D eigenvalue weighted by Gasteiger charge is 2.41. The van der Waals surface area contributed by atoms with Crippen LogP contribution in [0, 0.1) is 0 Å². The molecule has 0 spiro atoms. The molecule has 6 nitrogen and oxygen atoms in total. The van der Waals surface area contributed by atoms with Gasteiger partial charge < -0.3 is 9.47 Å². The monoisotopic (exact) mass is 500 g/mol. The molecule has 2 heterocycles. The maximum Gasteiger partial charge on any atom is 0.338 e. The average Bonchev–Trinajstić information content (AvgIpc) is 2.76. The lowest BCUT2D eigenvalue weighted by Crippen LogP contribution is -2.59. The molecular weight excluding hydrogens is 452 g/mol. The number of nitrogens with zero attached hydrogens (tertiary/aromatic N) is 2. The first-order valence-electron chi connectivity index (χ1n) is 13.7. The van der Waals surface area contributed by atoms with Crippen LogP contribution in [-0.4, -0.2) is 70.2 Å². The van der Waals surface area contributed by atoms with Crippen LogP contribution < -0.4 is 0 Å². The van der Waals surface area contributed by atoms with E-state index < -0.39 is 0 Å². The second kappa shape index (κ2) is 10.8. The summed E-state index contributed by atoms with van der Waals surface area (Å²) in [6, 6.07) is 6.57. The van der Waals surface area contributed by atoms with Crippen molar-refractivity contribution in [2.45, 2.75) is 116 Å². The van der Waals surface area contributed by atoms with E-state index >= 15 is 0 Å². The van der Waals surface area contributed by atoms with Crippen LogP contribution in [0.5, 0.6) is 0 Å². The fourth-order valence-electron chi connectivity index (χ4n) is 6.66. The highest BCUT2D eigenvalue weighted by Crippen LogP contribution is 2.38. The Morgan fingerprint density at radius 3 is 1.17 bits per heavy atom. The summed E-state index contributed by atoms with van der Waals surface area (Å²) in [5.41, 5.74) is 1.26. The Kier molecular flexibility index (Phi) is 8.61. The van der Waals surface area contributed by atoms with Gasteiger partial charge in [0.2, 0.25) is 0 Å². The van der Waals surface area contributed by atoms with E-state index in [1.807, 2.05) is 0 Å². The smallest absolute Gasteiger partial charge is 0.338 e. The van der Waals surface area contributed by atoms with Crippen molar-refractivity contribution in [3.05, 3.63) is 35.4 Å². The van der Waals surface area contributed by atoms with Crippen LogP contribution in [0.15, 0.2) is 24.3 Å². The predicted molar refractivity (Wildman–Crippen MR) is 144 cm³/mol. The van der Waals surface area contributed by atoms with Gasteiger partial charge in [0, 0.05) is 35.2 Å². The van der Waals surface area contributed by atoms with Crippen molar-refractivity contribution in [3.63, 3.8) is 0 Å². The molecule has 202 valence electrons. The molecule has 2 fully saturated rings. The molecule has 1 aromatic carbocycles. The number of hydrogen-bond acceptors (Lipinski definition) is 6. The van der Waals surface area contributed by atoms with E-state index in [9.17, 15) is 9.59 Å². The lowest BCUT2D eigenvalue weighted by Gasteiger charge is -2.53. The normalized spacial score (nSPS) is 23.1. The molecule has 0 atom stereocenters. The van der Waals surface area contributed by atoms with Gasteiger partial charge in [-0.15, -0.1) is 0 Å². The third kappa shape index (κ3) is 6.69. The van der Waals surface area contributed by atoms with Gasteiger partial charge in [0.05, 0.1) is 11.1 Å². The maximum atomic E-state index is 12.6. The largest absolute Gasteiger partial charge is 0.461 e. The number of esters is 2. The highest BCUT2D eigenvalue weighted by molar-refractivity contribution is 5.93. The molecular formula is C30H48N2O4. The molecule has 0 bridgehead atoms. The SMILES string of the molecule is CC1(C)CCCC(C)(C)N1CCOC(=O)c1ccc(C(=O)OCCN2C(C)(C)CCCC2(C)C)cc1. The standard InChI is InChI=1S/C30H48N2O4/c1-27(2)15-9-16-28(3,4)31(27)19-21-35-25(33)23-11-13-24(14-12-23)26(34)36-22-20-32-29(5,6)17-10-18-30(32,7)8/h11-14H,9-10,15-22H2,1-8H3. The summed E-state index contributed by atoms with van der Waals surface area (Å²) >= 11 is 0. The summed E-state index contributed by atoms with van der Waals surface area (Å²) < 4.78 is 11.2. The first-order valence-corrected chi connectivity index (χ1v) is 13.7. The summed E-state index contributed by atoms with van der Waals surface area (Å²) in [7, 11) is 0. The Bertz CT molecular complexity index is 810. The van der Waals surface area contributed by atoms with Crippen molar-refractivity contribution in [1.29, 1.82) is 0 Å². The Hall–Kier alpha value is -1.92. The molecule has 1 aromatic rings. The molecule has 6 heteroatoms. The van der Waals surface area contributed by atoms with Gasteiger partial charge in [-0.2, -0.15) is 0 Å². The zero-order chi connectivity index (χ0) is 26.8. The Balaban J connectivity index is 1.48. The summed E-state index contributed by atoms with van der Waals surface area (Å²) in [5, 5.41) is 0. The van der Waals surface area contributed by atoms with Crippen LogP contribution in [0.3, 0.4) is 0 Å². The molecule has 0 unspecified atom stereocenters. The number of benzene rings is 1. The lowest BCUT2D eigenvalue weighted by atomic mass is 9.80. The fraction of sp³-hybridized carbons (Fsp3) is 0.733. The zero-order valence-corrected chi connectivity index (χ0v) is 23.9. The van der Waals surface area contributed by atoms with Gasteiger partial charge in [-0.25, -0.2) is 9.59 Å². The minimum absolute atomic E-state index is 0.0929. The zero-order valence-electron chi connectivity index (χ0n) is 23.9. The first-order chi connectivity index (χ1) is 16.7. The number of likely N-dealkylation sites (tertiary alicyclic amines) is 2. The van der Waals surface area contributed by atoms with Gasteiger partial charge >= 0.3 is 11.9 Å². The second-order valence-corrected chi connectivity index (χ2v) is 13.1. The van der Waals surface area contributed by atoms with Crippen molar-refractivity contribution >= 4 is 11.9 Å². The number of carbonyl (C=O) groups excluding carboxylic acids is 2. The summed E-state index contributed by atoms with van der Waals surface area (Å²) in [4.78, 5) is 30.1. The van der Waals surface area contributed by atoms with E-state index in [-0.39, 0.29) is 34.1 Å². The maximum absolute atomic E-state index is 12.6. The number of piperidine rings is 2. The Morgan fingerprint density at radius 1 is 0.611 bits per heavy atom. The average molecular weight is 501 g/mol. The number of rotatable bonds is 8. The Labute approximate surface area is 218 Å². The third-order valence-corrected chi connectivity index (χ3v) is 8.53.